The van der Waals surface area contributed by atoms with Crippen LogP contribution in [-0.2, 0) is 4.79 Å². The molecule has 1 amide bonds. The third-order valence-corrected chi connectivity index (χ3v) is 11.2. The molecule has 1 aliphatic rings. The van der Waals surface area contributed by atoms with Crippen LogP contribution in [0.4, 0.5) is 5.69 Å². The van der Waals surface area contributed by atoms with Gasteiger partial charge in [-0.3, -0.25) is 4.79 Å². The molecule has 32 heavy (non-hydrogen) atoms. The Kier molecular flexibility index (Phi) is 5.78. The van der Waals surface area contributed by atoms with Crippen molar-refractivity contribution in [2.75, 3.05) is 11.4 Å². The molecule has 4 aromatic rings. The average molecular weight is 458 g/mol. The summed E-state index contributed by atoms with van der Waals surface area (Å²) in [5.74, 6) is 0.116. The van der Waals surface area contributed by atoms with Crippen LogP contribution in [0.25, 0.3) is 0 Å². The largest absolute Gasteiger partial charge is 0.306 e. The number of pyridine rings is 1. The third-order valence-electron chi connectivity index (χ3n) is 6.17. The smallest absolute Gasteiger partial charge is 0.269 e. The molecule has 158 valence electrons. The van der Waals surface area contributed by atoms with Crippen molar-refractivity contribution >= 4 is 46.4 Å². The highest BCUT2D eigenvalue weighted by atomic mass is 35.5. The van der Waals surface area contributed by atoms with Crippen molar-refractivity contribution in [2.45, 2.75) is 12.1 Å². The van der Waals surface area contributed by atoms with Crippen LogP contribution < -0.4 is 20.8 Å². The zero-order chi connectivity index (χ0) is 22.0. The molecule has 1 aromatic heterocycles. The molecule has 0 spiro atoms. The van der Waals surface area contributed by atoms with Crippen molar-refractivity contribution in [1.82, 2.24) is 4.98 Å². The number of carbonyl (C=O) groups excluding carboxylic acids is 1. The lowest BCUT2D eigenvalue weighted by Gasteiger charge is -2.32. The normalized spacial score (nSPS) is 16.3. The van der Waals surface area contributed by atoms with Crippen LogP contribution >= 0.6 is 18.9 Å². The second-order valence-electron chi connectivity index (χ2n) is 7.84. The van der Waals surface area contributed by atoms with E-state index in [1.807, 2.05) is 35.2 Å². The van der Waals surface area contributed by atoms with Gasteiger partial charge in [0.15, 0.2) is 10.8 Å². The lowest BCUT2D eigenvalue weighted by atomic mass is 10.3. The Morgan fingerprint density at radius 2 is 1.25 bits per heavy atom. The standard InChI is InChI=1S/C27H23ClN2OP/c28-26-24(17-10-19-29-26)30-20-18-25(27(30)31)32(21-11-4-1-5-12-21,22-13-6-2-7-14-22)23-15-8-3-9-16-23/h1-17,19,25H,18,20H2/q+1. The van der Waals surface area contributed by atoms with E-state index in [4.69, 9.17) is 11.6 Å². The first-order chi connectivity index (χ1) is 15.7. The molecule has 5 rings (SSSR count). The first-order valence-electron chi connectivity index (χ1n) is 10.7. The maximum absolute atomic E-state index is 14.1. The van der Waals surface area contributed by atoms with Gasteiger partial charge in [0.05, 0.1) is 5.69 Å². The number of hydrogen-bond donors (Lipinski definition) is 0. The molecule has 3 nitrogen and oxygen atoms in total. The van der Waals surface area contributed by atoms with Gasteiger partial charge in [0.1, 0.15) is 23.2 Å². The summed E-state index contributed by atoms with van der Waals surface area (Å²) in [6.07, 6.45) is 2.41. The lowest BCUT2D eigenvalue weighted by Crippen LogP contribution is -2.43. The van der Waals surface area contributed by atoms with Crippen LogP contribution in [0.3, 0.4) is 0 Å². The molecule has 1 atom stereocenters. The minimum atomic E-state index is -2.28. The molecule has 2 heterocycles. The summed E-state index contributed by atoms with van der Waals surface area (Å²) < 4.78 is 0. The van der Waals surface area contributed by atoms with Gasteiger partial charge in [-0.15, -0.1) is 0 Å². The van der Waals surface area contributed by atoms with Crippen LogP contribution in [0.2, 0.25) is 5.15 Å². The molecule has 1 fully saturated rings. The number of nitrogens with zero attached hydrogens (tertiary/aromatic N) is 2. The molecule has 0 N–H and O–H groups in total. The van der Waals surface area contributed by atoms with E-state index in [2.05, 4.69) is 77.8 Å². The first-order valence-corrected chi connectivity index (χ1v) is 12.9. The number of anilines is 1. The number of rotatable bonds is 5. The van der Waals surface area contributed by atoms with Crippen molar-refractivity contribution in [1.29, 1.82) is 0 Å². The van der Waals surface area contributed by atoms with E-state index >= 15 is 0 Å². The molecule has 0 aliphatic carbocycles. The average Bonchev–Trinajstić information content (AvgIpc) is 3.23. The van der Waals surface area contributed by atoms with Gasteiger partial charge in [-0.2, -0.15) is 0 Å². The van der Waals surface area contributed by atoms with Crippen LogP contribution in [-0.4, -0.2) is 23.1 Å². The molecule has 1 saturated heterocycles. The fourth-order valence-electron chi connectivity index (χ4n) is 4.82. The predicted molar refractivity (Wildman–Crippen MR) is 135 cm³/mol. The zero-order valence-corrected chi connectivity index (χ0v) is 19.2. The first kappa shape index (κ1) is 20.9. The monoisotopic (exact) mass is 457 g/mol. The van der Waals surface area contributed by atoms with Crippen LogP contribution in [0.5, 0.6) is 0 Å². The van der Waals surface area contributed by atoms with E-state index in [0.29, 0.717) is 17.4 Å². The molecule has 1 aliphatic heterocycles. The molecule has 3 aromatic carbocycles. The summed E-state index contributed by atoms with van der Waals surface area (Å²) in [6, 6.07) is 35.3. The predicted octanol–water partition coefficient (Wildman–Crippen LogP) is 4.83. The Morgan fingerprint density at radius 1 is 0.750 bits per heavy atom. The fraction of sp³-hybridized carbons (Fsp3) is 0.111. The Morgan fingerprint density at radius 3 is 1.72 bits per heavy atom. The Hall–Kier alpha value is -3.00. The number of amides is 1. The van der Waals surface area contributed by atoms with Crippen LogP contribution in [0.15, 0.2) is 109 Å². The van der Waals surface area contributed by atoms with Gasteiger partial charge in [-0.05, 0) is 48.5 Å². The summed E-state index contributed by atoms with van der Waals surface area (Å²) in [5.41, 5.74) is 0.514. The minimum Gasteiger partial charge on any atom is -0.306 e. The number of hydrogen-bond acceptors (Lipinski definition) is 2. The highest BCUT2D eigenvalue weighted by Crippen LogP contribution is 2.62. The van der Waals surface area contributed by atoms with Gasteiger partial charge in [0.25, 0.3) is 5.91 Å². The molecule has 0 radical (unpaired) electrons. The van der Waals surface area contributed by atoms with Crippen LogP contribution in [0.1, 0.15) is 6.42 Å². The zero-order valence-electron chi connectivity index (χ0n) is 17.5. The van der Waals surface area contributed by atoms with Crippen molar-refractivity contribution in [3.05, 3.63) is 114 Å². The number of benzene rings is 3. The fourth-order valence-corrected chi connectivity index (χ4v) is 9.91. The minimum absolute atomic E-state index is 0.116. The molecular formula is C27H23ClN2OP+. The van der Waals surface area contributed by atoms with Gasteiger partial charge in [0, 0.05) is 19.2 Å². The van der Waals surface area contributed by atoms with Gasteiger partial charge >= 0.3 is 0 Å². The molecule has 1 unspecified atom stereocenters. The highest BCUT2D eigenvalue weighted by molar-refractivity contribution is 7.97. The van der Waals surface area contributed by atoms with Crippen LogP contribution in [0, 0.1) is 0 Å². The topological polar surface area (TPSA) is 33.2 Å². The summed E-state index contributed by atoms with van der Waals surface area (Å²) in [6.45, 7) is 0.628. The van der Waals surface area contributed by atoms with Gasteiger partial charge in [-0.1, -0.05) is 66.2 Å². The second kappa shape index (κ2) is 8.86. The third kappa shape index (κ3) is 3.43. The summed E-state index contributed by atoms with van der Waals surface area (Å²) in [7, 11) is -2.28. The van der Waals surface area contributed by atoms with Gasteiger partial charge in [0.2, 0.25) is 0 Å². The van der Waals surface area contributed by atoms with E-state index in [0.717, 1.165) is 6.42 Å². The summed E-state index contributed by atoms with van der Waals surface area (Å²) in [4.78, 5) is 20.1. The van der Waals surface area contributed by atoms with E-state index in [1.54, 1.807) is 6.20 Å². The van der Waals surface area contributed by atoms with Gasteiger partial charge < -0.3 is 4.90 Å². The highest BCUT2D eigenvalue weighted by Gasteiger charge is 2.58. The summed E-state index contributed by atoms with van der Waals surface area (Å²) in [5, 5.41) is 4.02. The maximum Gasteiger partial charge on any atom is 0.269 e. The molecular weight excluding hydrogens is 435 g/mol. The van der Waals surface area contributed by atoms with Crippen molar-refractivity contribution in [2.24, 2.45) is 0 Å². The van der Waals surface area contributed by atoms with E-state index in [-0.39, 0.29) is 11.6 Å². The van der Waals surface area contributed by atoms with Crippen molar-refractivity contribution in [3.8, 4) is 0 Å². The Balaban J connectivity index is 1.74. The summed E-state index contributed by atoms with van der Waals surface area (Å²) >= 11 is 6.39. The quantitative estimate of drug-likeness (QED) is 0.317. The number of halogens is 1. The van der Waals surface area contributed by atoms with Gasteiger partial charge in [-0.25, -0.2) is 4.98 Å². The van der Waals surface area contributed by atoms with Crippen molar-refractivity contribution < 1.29 is 4.79 Å². The lowest BCUT2D eigenvalue weighted by molar-refractivity contribution is -0.116. The SMILES string of the molecule is O=C1C([P+](c2ccccc2)(c2ccccc2)c2ccccc2)CCN1c1cccnc1Cl. The van der Waals surface area contributed by atoms with E-state index < -0.39 is 7.26 Å². The van der Waals surface area contributed by atoms with Crippen molar-refractivity contribution in [3.63, 3.8) is 0 Å². The Bertz CT molecular complexity index is 1120. The molecule has 0 bridgehead atoms. The Labute approximate surface area is 194 Å². The van der Waals surface area contributed by atoms with E-state index in [1.165, 1.54) is 15.9 Å². The molecule has 5 heteroatoms. The maximum atomic E-state index is 14.1. The second-order valence-corrected chi connectivity index (χ2v) is 11.8. The van der Waals surface area contributed by atoms with E-state index in [9.17, 15) is 4.79 Å². The number of aromatic nitrogens is 1. The molecule has 0 saturated carbocycles. The number of carbonyl (C=O) groups is 1.